The fourth-order valence-corrected chi connectivity index (χ4v) is 1.95. The van der Waals surface area contributed by atoms with Gasteiger partial charge in [-0.3, -0.25) is 0 Å². The summed E-state index contributed by atoms with van der Waals surface area (Å²) in [5, 5.41) is 4.99. The standard InChI is InChI=1S/C12H18ClNO5S/c13-5-6-17-7-8-18-9-10-19-11-1-3-12(4-2-11)20(14,15)16/h1-4H,5-10H2,(H2,14,15,16). The molecule has 0 aliphatic carbocycles. The van der Waals surface area contributed by atoms with Crippen molar-refractivity contribution >= 4 is 21.6 Å². The van der Waals surface area contributed by atoms with E-state index in [1.165, 1.54) is 12.1 Å². The van der Waals surface area contributed by atoms with Crippen LogP contribution in [0.1, 0.15) is 0 Å². The molecule has 2 N–H and O–H groups in total. The Hall–Kier alpha value is -0.860. The highest BCUT2D eigenvalue weighted by atomic mass is 35.5. The van der Waals surface area contributed by atoms with Crippen molar-refractivity contribution in [1.29, 1.82) is 0 Å². The third kappa shape index (κ3) is 7.06. The maximum absolute atomic E-state index is 11.0. The summed E-state index contributed by atoms with van der Waals surface area (Å²) in [6.07, 6.45) is 0. The van der Waals surface area contributed by atoms with Crippen molar-refractivity contribution < 1.29 is 22.6 Å². The fourth-order valence-electron chi connectivity index (χ4n) is 1.32. The van der Waals surface area contributed by atoms with E-state index < -0.39 is 10.0 Å². The zero-order valence-electron chi connectivity index (χ0n) is 11.0. The number of hydrogen-bond acceptors (Lipinski definition) is 5. The largest absolute Gasteiger partial charge is 0.491 e. The first-order chi connectivity index (χ1) is 9.54. The minimum absolute atomic E-state index is 0.0533. The molecule has 0 bridgehead atoms. The van der Waals surface area contributed by atoms with Gasteiger partial charge in [0.25, 0.3) is 0 Å². The zero-order chi connectivity index (χ0) is 14.8. The monoisotopic (exact) mass is 323 g/mol. The summed E-state index contributed by atoms with van der Waals surface area (Å²) in [7, 11) is -3.66. The Bertz CT molecular complexity index is 477. The SMILES string of the molecule is NS(=O)(=O)c1ccc(OCCOCCOCCCl)cc1. The molecule has 0 amide bonds. The van der Waals surface area contributed by atoms with Gasteiger partial charge in [0.05, 0.1) is 31.3 Å². The predicted molar refractivity (Wildman–Crippen MR) is 75.7 cm³/mol. The van der Waals surface area contributed by atoms with Gasteiger partial charge >= 0.3 is 0 Å². The van der Waals surface area contributed by atoms with E-state index in [2.05, 4.69) is 0 Å². The number of halogens is 1. The highest BCUT2D eigenvalue weighted by Gasteiger charge is 2.06. The van der Waals surface area contributed by atoms with Gasteiger partial charge in [0.2, 0.25) is 10.0 Å². The van der Waals surface area contributed by atoms with Crippen LogP contribution in [0, 0.1) is 0 Å². The normalized spacial score (nSPS) is 11.5. The van der Waals surface area contributed by atoms with Crippen LogP contribution < -0.4 is 9.88 Å². The number of alkyl halides is 1. The molecule has 0 fully saturated rings. The van der Waals surface area contributed by atoms with Crippen molar-refractivity contribution in [3.05, 3.63) is 24.3 Å². The van der Waals surface area contributed by atoms with Crippen LogP contribution >= 0.6 is 11.6 Å². The molecule has 0 spiro atoms. The van der Waals surface area contributed by atoms with E-state index in [-0.39, 0.29) is 4.90 Å². The van der Waals surface area contributed by atoms with Gasteiger partial charge in [0, 0.05) is 5.88 Å². The second kappa shape index (κ2) is 9.15. The maximum atomic E-state index is 11.0. The second-order valence-corrected chi connectivity index (χ2v) is 5.72. The molecule has 6 nitrogen and oxygen atoms in total. The van der Waals surface area contributed by atoms with Crippen LogP contribution in [-0.2, 0) is 19.5 Å². The molecule has 0 radical (unpaired) electrons. The van der Waals surface area contributed by atoms with Crippen molar-refractivity contribution in [3.63, 3.8) is 0 Å². The third-order valence-electron chi connectivity index (χ3n) is 2.24. The molecule has 0 saturated carbocycles. The lowest BCUT2D eigenvalue weighted by molar-refractivity contribution is 0.0410. The Labute approximate surface area is 123 Å². The Morgan fingerprint density at radius 3 is 2.05 bits per heavy atom. The van der Waals surface area contributed by atoms with Gasteiger partial charge in [-0.1, -0.05) is 0 Å². The average Bonchev–Trinajstić information content (AvgIpc) is 2.41. The molecule has 0 aromatic heterocycles. The lowest BCUT2D eigenvalue weighted by Gasteiger charge is -2.08. The molecule has 0 saturated heterocycles. The Balaban J connectivity index is 2.16. The second-order valence-electron chi connectivity index (χ2n) is 3.78. The van der Waals surface area contributed by atoms with Crippen LogP contribution in [0.3, 0.4) is 0 Å². The summed E-state index contributed by atoms with van der Waals surface area (Å²) >= 11 is 5.44. The van der Waals surface area contributed by atoms with Crippen molar-refractivity contribution in [2.24, 2.45) is 5.14 Å². The Morgan fingerprint density at radius 2 is 1.50 bits per heavy atom. The third-order valence-corrected chi connectivity index (χ3v) is 3.33. The van der Waals surface area contributed by atoms with E-state index >= 15 is 0 Å². The molecule has 0 aliphatic heterocycles. The summed E-state index contributed by atoms with van der Waals surface area (Å²) in [6.45, 7) is 2.27. The van der Waals surface area contributed by atoms with Gasteiger partial charge in [-0.05, 0) is 24.3 Å². The molecule has 1 aromatic rings. The molecular weight excluding hydrogens is 306 g/mol. The van der Waals surface area contributed by atoms with Crippen LogP contribution in [0.4, 0.5) is 0 Å². The molecular formula is C12H18ClNO5S. The van der Waals surface area contributed by atoms with Crippen LogP contribution in [0.25, 0.3) is 0 Å². The molecule has 1 rings (SSSR count). The van der Waals surface area contributed by atoms with E-state index in [1.807, 2.05) is 0 Å². The summed E-state index contributed by atoms with van der Waals surface area (Å²) in [5.41, 5.74) is 0. The van der Waals surface area contributed by atoms with Crippen LogP contribution in [0.2, 0.25) is 0 Å². The van der Waals surface area contributed by atoms with Crippen molar-refractivity contribution in [2.45, 2.75) is 4.90 Å². The number of rotatable bonds is 10. The summed E-state index contributed by atoms with van der Waals surface area (Å²) in [4.78, 5) is 0.0533. The number of hydrogen-bond donors (Lipinski definition) is 1. The van der Waals surface area contributed by atoms with E-state index in [0.717, 1.165) is 0 Å². The van der Waals surface area contributed by atoms with Crippen LogP contribution in [0.15, 0.2) is 29.2 Å². The van der Waals surface area contributed by atoms with Gasteiger partial charge in [-0.2, -0.15) is 0 Å². The molecule has 0 atom stereocenters. The molecule has 114 valence electrons. The van der Waals surface area contributed by atoms with E-state index in [1.54, 1.807) is 12.1 Å². The number of ether oxygens (including phenoxy) is 3. The van der Waals surface area contributed by atoms with Gasteiger partial charge < -0.3 is 14.2 Å². The van der Waals surface area contributed by atoms with E-state index in [4.69, 9.17) is 31.0 Å². The number of benzene rings is 1. The fraction of sp³-hybridized carbons (Fsp3) is 0.500. The molecule has 1 aromatic carbocycles. The van der Waals surface area contributed by atoms with E-state index in [9.17, 15) is 8.42 Å². The first-order valence-corrected chi connectivity index (χ1v) is 8.09. The molecule has 0 heterocycles. The van der Waals surface area contributed by atoms with Gasteiger partial charge in [0.15, 0.2) is 0 Å². The minimum atomic E-state index is -3.66. The Kier molecular flexibility index (Phi) is 7.86. The highest BCUT2D eigenvalue weighted by molar-refractivity contribution is 7.89. The lowest BCUT2D eigenvalue weighted by atomic mass is 10.3. The first-order valence-electron chi connectivity index (χ1n) is 6.01. The first kappa shape index (κ1) is 17.2. The molecule has 0 aliphatic rings. The van der Waals surface area contributed by atoms with E-state index in [0.29, 0.717) is 44.7 Å². The number of sulfonamides is 1. The van der Waals surface area contributed by atoms with Crippen molar-refractivity contribution in [3.8, 4) is 5.75 Å². The molecule has 20 heavy (non-hydrogen) atoms. The van der Waals surface area contributed by atoms with Crippen LogP contribution in [0.5, 0.6) is 5.75 Å². The van der Waals surface area contributed by atoms with Crippen molar-refractivity contribution in [1.82, 2.24) is 0 Å². The zero-order valence-corrected chi connectivity index (χ0v) is 12.5. The summed E-state index contributed by atoms with van der Waals surface area (Å²) in [5.74, 6) is 1.02. The molecule has 0 unspecified atom stereocenters. The topological polar surface area (TPSA) is 87.9 Å². The smallest absolute Gasteiger partial charge is 0.238 e. The predicted octanol–water partition coefficient (Wildman–Crippen LogP) is 0.985. The maximum Gasteiger partial charge on any atom is 0.238 e. The molecule has 8 heteroatoms. The quantitative estimate of drug-likeness (QED) is 0.512. The van der Waals surface area contributed by atoms with Crippen LogP contribution in [-0.4, -0.2) is 47.3 Å². The lowest BCUT2D eigenvalue weighted by Crippen LogP contribution is -2.12. The Morgan fingerprint density at radius 1 is 0.950 bits per heavy atom. The number of nitrogens with two attached hydrogens (primary N) is 1. The van der Waals surface area contributed by atoms with Gasteiger partial charge in [-0.15, -0.1) is 11.6 Å². The highest BCUT2D eigenvalue weighted by Crippen LogP contribution is 2.14. The number of primary sulfonamides is 1. The minimum Gasteiger partial charge on any atom is -0.491 e. The summed E-state index contributed by atoms with van der Waals surface area (Å²) in [6, 6.07) is 5.88. The van der Waals surface area contributed by atoms with Gasteiger partial charge in [-0.25, -0.2) is 13.6 Å². The average molecular weight is 324 g/mol. The van der Waals surface area contributed by atoms with Gasteiger partial charge in [0.1, 0.15) is 12.4 Å². The van der Waals surface area contributed by atoms with Crippen molar-refractivity contribution in [2.75, 3.05) is 38.9 Å². The summed E-state index contributed by atoms with van der Waals surface area (Å²) < 4.78 is 37.9.